The number of hydrogen-bond donors (Lipinski definition) is 1. The molecule has 3 aromatic carbocycles. The summed E-state index contributed by atoms with van der Waals surface area (Å²) >= 11 is 18.4. The van der Waals surface area contributed by atoms with Gasteiger partial charge in [-0.2, -0.15) is 0 Å². The largest absolute Gasteiger partial charge is 0.493 e. The summed E-state index contributed by atoms with van der Waals surface area (Å²) in [6, 6.07) is 14.9. The third-order valence-electron chi connectivity index (χ3n) is 4.04. The molecule has 0 unspecified atom stereocenters. The van der Waals surface area contributed by atoms with Crippen LogP contribution < -0.4 is 14.8 Å². The topological polar surface area (TPSA) is 30.5 Å². The van der Waals surface area contributed by atoms with Crippen LogP contribution in [0.1, 0.15) is 11.1 Å². The van der Waals surface area contributed by atoms with E-state index in [2.05, 4.69) is 5.32 Å². The van der Waals surface area contributed by atoms with E-state index < -0.39 is 0 Å². The van der Waals surface area contributed by atoms with Crippen molar-refractivity contribution < 1.29 is 13.9 Å². The number of benzene rings is 3. The van der Waals surface area contributed by atoms with Crippen molar-refractivity contribution in [1.29, 1.82) is 0 Å². The molecule has 0 radical (unpaired) electrons. The number of ether oxygens (including phenoxy) is 2. The van der Waals surface area contributed by atoms with E-state index in [1.807, 2.05) is 12.1 Å². The van der Waals surface area contributed by atoms with Crippen LogP contribution in [0.2, 0.25) is 15.1 Å². The maximum atomic E-state index is 13.0. The molecule has 0 saturated heterocycles. The summed E-state index contributed by atoms with van der Waals surface area (Å²) in [5.74, 6) is 0.790. The van der Waals surface area contributed by atoms with Gasteiger partial charge in [-0.05, 0) is 53.6 Å². The summed E-state index contributed by atoms with van der Waals surface area (Å²) in [7, 11) is 1.56. The average Bonchev–Trinajstić information content (AvgIpc) is 2.69. The van der Waals surface area contributed by atoms with E-state index in [1.54, 1.807) is 37.4 Å². The molecule has 3 nitrogen and oxygen atoms in total. The number of hydrogen-bond acceptors (Lipinski definition) is 3. The number of halogens is 4. The maximum absolute atomic E-state index is 13.0. The Morgan fingerprint density at radius 1 is 0.857 bits per heavy atom. The van der Waals surface area contributed by atoms with E-state index in [-0.39, 0.29) is 12.4 Å². The van der Waals surface area contributed by atoms with Crippen molar-refractivity contribution >= 4 is 40.5 Å². The van der Waals surface area contributed by atoms with Gasteiger partial charge in [0.2, 0.25) is 0 Å². The highest BCUT2D eigenvalue weighted by Crippen LogP contribution is 2.34. The molecule has 0 spiro atoms. The molecule has 0 aliphatic rings. The van der Waals surface area contributed by atoms with Gasteiger partial charge in [-0.3, -0.25) is 0 Å². The lowest BCUT2D eigenvalue weighted by Crippen LogP contribution is -2.03. The molecule has 0 aromatic heterocycles. The third-order valence-corrected chi connectivity index (χ3v) is 5.13. The highest BCUT2D eigenvalue weighted by molar-refractivity contribution is 6.42. The van der Waals surface area contributed by atoms with Crippen LogP contribution in [0.25, 0.3) is 0 Å². The van der Waals surface area contributed by atoms with E-state index in [4.69, 9.17) is 44.3 Å². The molecular formula is C21H17Cl3FNO2. The Kier molecular flexibility index (Phi) is 6.89. The first-order chi connectivity index (χ1) is 13.5. The average molecular weight is 441 g/mol. The van der Waals surface area contributed by atoms with Gasteiger partial charge >= 0.3 is 0 Å². The summed E-state index contributed by atoms with van der Waals surface area (Å²) in [6.07, 6.45) is 0. The molecule has 0 fully saturated rings. The molecule has 3 rings (SSSR count). The SMILES string of the molecule is COc1cc(CNc2ccc(F)cc2)c(Cl)cc1OCc1ccc(Cl)c(Cl)c1. The highest BCUT2D eigenvalue weighted by Gasteiger charge is 2.11. The molecule has 0 heterocycles. The molecule has 7 heteroatoms. The first-order valence-corrected chi connectivity index (χ1v) is 9.52. The molecule has 0 aliphatic heterocycles. The molecule has 28 heavy (non-hydrogen) atoms. The molecule has 3 aromatic rings. The lowest BCUT2D eigenvalue weighted by molar-refractivity contribution is 0.284. The zero-order valence-electron chi connectivity index (χ0n) is 14.9. The first-order valence-electron chi connectivity index (χ1n) is 8.39. The number of anilines is 1. The van der Waals surface area contributed by atoms with Crippen molar-refractivity contribution in [2.75, 3.05) is 12.4 Å². The second-order valence-corrected chi connectivity index (χ2v) is 7.21. The van der Waals surface area contributed by atoms with Crippen molar-refractivity contribution in [2.24, 2.45) is 0 Å². The monoisotopic (exact) mass is 439 g/mol. The van der Waals surface area contributed by atoms with Crippen LogP contribution in [0.5, 0.6) is 11.5 Å². The molecule has 0 amide bonds. The van der Waals surface area contributed by atoms with Crippen molar-refractivity contribution in [3.05, 3.63) is 86.6 Å². The standard InChI is InChI=1S/C21H17Cl3FNO2/c1-27-20-9-14(11-26-16-5-3-15(25)4-6-16)18(23)10-21(20)28-12-13-2-7-17(22)19(24)8-13/h2-10,26H,11-12H2,1H3. The fraction of sp³-hybridized carbons (Fsp3) is 0.143. The van der Waals surface area contributed by atoms with Gasteiger partial charge in [-0.25, -0.2) is 4.39 Å². The zero-order chi connectivity index (χ0) is 20.1. The van der Waals surface area contributed by atoms with E-state index >= 15 is 0 Å². The molecule has 0 bridgehead atoms. The van der Waals surface area contributed by atoms with Gasteiger partial charge in [0.15, 0.2) is 11.5 Å². The number of methoxy groups -OCH3 is 1. The molecule has 0 atom stereocenters. The van der Waals surface area contributed by atoms with Crippen LogP contribution in [-0.2, 0) is 13.2 Å². The second-order valence-electron chi connectivity index (χ2n) is 5.99. The number of nitrogens with one attached hydrogen (secondary N) is 1. The Bertz CT molecular complexity index is 965. The summed E-state index contributed by atoms with van der Waals surface area (Å²) in [5.41, 5.74) is 2.48. The van der Waals surface area contributed by atoms with E-state index in [1.165, 1.54) is 12.1 Å². The van der Waals surface area contributed by atoms with Crippen LogP contribution in [0.3, 0.4) is 0 Å². The minimum atomic E-state index is -0.284. The third kappa shape index (κ3) is 5.22. The van der Waals surface area contributed by atoms with Crippen LogP contribution in [0, 0.1) is 5.82 Å². The maximum Gasteiger partial charge on any atom is 0.163 e. The summed E-state index contributed by atoms with van der Waals surface area (Å²) < 4.78 is 24.3. The first kappa shape index (κ1) is 20.6. The van der Waals surface area contributed by atoms with Crippen LogP contribution in [-0.4, -0.2) is 7.11 Å². The van der Waals surface area contributed by atoms with Crippen molar-refractivity contribution in [3.63, 3.8) is 0 Å². The van der Waals surface area contributed by atoms with Gasteiger partial charge in [0.1, 0.15) is 12.4 Å². The van der Waals surface area contributed by atoms with Gasteiger partial charge in [0, 0.05) is 23.3 Å². The quantitative estimate of drug-likeness (QED) is 0.429. The van der Waals surface area contributed by atoms with Crippen molar-refractivity contribution in [3.8, 4) is 11.5 Å². The zero-order valence-corrected chi connectivity index (χ0v) is 17.2. The Morgan fingerprint density at radius 2 is 1.61 bits per heavy atom. The van der Waals surface area contributed by atoms with Crippen LogP contribution in [0.4, 0.5) is 10.1 Å². The minimum absolute atomic E-state index is 0.284. The Balaban J connectivity index is 1.71. The summed E-state index contributed by atoms with van der Waals surface area (Å²) in [4.78, 5) is 0. The fourth-order valence-electron chi connectivity index (χ4n) is 2.54. The Hall–Kier alpha value is -2.14. The van der Waals surface area contributed by atoms with Crippen molar-refractivity contribution in [1.82, 2.24) is 0 Å². The van der Waals surface area contributed by atoms with E-state index in [0.29, 0.717) is 33.1 Å². The lowest BCUT2D eigenvalue weighted by Gasteiger charge is -2.15. The predicted octanol–water partition coefficient (Wildman–Crippen LogP) is 6.99. The van der Waals surface area contributed by atoms with Crippen LogP contribution >= 0.6 is 34.8 Å². The van der Waals surface area contributed by atoms with Crippen LogP contribution in [0.15, 0.2) is 54.6 Å². The molecule has 146 valence electrons. The number of rotatable bonds is 7. The molecular weight excluding hydrogens is 424 g/mol. The molecule has 0 aliphatic carbocycles. The Morgan fingerprint density at radius 3 is 2.29 bits per heavy atom. The summed E-state index contributed by atoms with van der Waals surface area (Å²) in [5, 5.41) is 4.68. The molecule has 1 N–H and O–H groups in total. The second kappa shape index (κ2) is 9.37. The van der Waals surface area contributed by atoms with Gasteiger partial charge in [0.25, 0.3) is 0 Å². The summed E-state index contributed by atoms with van der Waals surface area (Å²) in [6.45, 7) is 0.741. The van der Waals surface area contributed by atoms with E-state index in [9.17, 15) is 4.39 Å². The lowest BCUT2D eigenvalue weighted by atomic mass is 10.2. The predicted molar refractivity (Wildman–Crippen MR) is 113 cm³/mol. The minimum Gasteiger partial charge on any atom is -0.493 e. The van der Waals surface area contributed by atoms with Gasteiger partial charge in [-0.15, -0.1) is 0 Å². The van der Waals surface area contributed by atoms with Crippen molar-refractivity contribution in [2.45, 2.75) is 13.2 Å². The van der Waals surface area contributed by atoms with Gasteiger partial charge < -0.3 is 14.8 Å². The Labute approximate surface area is 177 Å². The smallest absolute Gasteiger partial charge is 0.163 e. The normalized spacial score (nSPS) is 10.6. The molecule has 0 saturated carbocycles. The van der Waals surface area contributed by atoms with Gasteiger partial charge in [0.05, 0.1) is 17.2 Å². The van der Waals surface area contributed by atoms with E-state index in [0.717, 1.165) is 16.8 Å². The highest BCUT2D eigenvalue weighted by atomic mass is 35.5. The van der Waals surface area contributed by atoms with Gasteiger partial charge in [-0.1, -0.05) is 40.9 Å². The fourth-order valence-corrected chi connectivity index (χ4v) is 3.08.